The Balaban J connectivity index is 1.60. The molecule has 22 heavy (non-hydrogen) atoms. The van der Waals surface area contributed by atoms with E-state index in [-0.39, 0.29) is 5.91 Å². The van der Waals surface area contributed by atoms with Crippen LogP contribution in [0.2, 0.25) is 0 Å². The van der Waals surface area contributed by atoms with E-state index in [4.69, 9.17) is 4.74 Å². The molecule has 2 aromatic rings. The van der Waals surface area contributed by atoms with Gasteiger partial charge in [0.25, 0.3) is 0 Å². The molecular weight excluding hydrogens is 298 g/mol. The zero-order valence-electron chi connectivity index (χ0n) is 12.5. The van der Waals surface area contributed by atoms with Crippen molar-refractivity contribution in [2.45, 2.75) is 38.3 Å². The maximum atomic E-state index is 11.9. The molecule has 1 N–H and O–H groups in total. The lowest BCUT2D eigenvalue weighted by Gasteiger charge is -2.21. The molecule has 1 amide bonds. The summed E-state index contributed by atoms with van der Waals surface area (Å²) >= 11 is 1.59. The molecule has 3 heterocycles. The van der Waals surface area contributed by atoms with Gasteiger partial charge in [-0.15, -0.1) is 11.3 Å². The second-order valence-electron chi connectivity index (χ2n) is 5.59. The lowest BCUT2D eigenvalue weighted by molar-refractivity contribution is -0.120. The standard InChI is InChI=1S/C16H19N3O2S/c1-16(6-3-8-21-16)15-17-7-5-12(19-15)11-18-14(20)10-13-4-2-9-22-13/h2,4-5,7,9H,3,6,8,10-11H2,1H3,(H,18,20)/t16-/m0/s1. The zero-order valence-corrected chi connectivity index (χ0v) is 13.4. The minimum absolute atomic E-state index is 0.00550. The summed E-state index contributed by atoms with van der Waals surface area (Å²) in [4.78, 5) is 21.9. The molecule has 0 aromatic carbocycles. The van der Waals surface area contributed by atoms with Gasteiger partial charge >= 0.3 is 0 Å². The number of nitrogens with one attached hydrogen (secondary N) is 1. The van der Waals surface area contributed by atoms with Crippen LogP contribution in [0.15, 0.2) is 29.8 Å². The average molecular weight is 317 g/mol. The van der Waals surface area contributed by atoms with Crippen LogP contribution in [0.25, 0.3) is 0 Å². The molecule has 0 unspecified atom stereocenters. The third kappa shape index (κ3) is 3.51. The number of hydrogen-bond acceptors (Lipinski definition) is 5. The van der Waals surface area contributed by atoms with Crippen molar-refractivity contribution >= 4 is 17.2 Å². The van der Waals surface area contributed by atoms with Gasteiger partial charge in [-0.1, -0.05) is 6.07 Å². The van der Waals surface area contributed by atoms with Crippen LogP contribution < -0.4 is 5.32 Å². The van der Waals surface area contributed by atoms with Crippen LogP contribution in [0.5, 0.6) is 0 Å². The summed E-state index contributed by atoms with van der Waals surface area (Å²) < 4.78 is 5.77. The van der Waals surface area contributed by atoms with Gasteiger partial charge in [-0.2, -0.15) is 0 Å². The Kier molecular flexibility index (Phi) is 4.49. The van der Waals surface area contributed by atoms with Gasteiger partial charge in [-0.25, -0.2) is 9.97 Å². The first kappa shape index (κ1) is 15.1. The van der Waals surface area contributed by atoms with Gasteiger partial charge in [0.1, 0.15) is 5.60 Å². The number of hydrogen-bond donors (Lipinski definition) is 1. The number of carbonyl (C=O) groups is 1. The van der Waals surface area contributed by atoms with Crippen molar-refractivity contribution < 1.29 is 9.53 Å². The minimum atomic E-state index is -0.392. The fourth-order valence-electron chi connectivity index (χ4n) is 2.53. The van der Waals surface area contributed by atoms with E-state index in [0.717, 1.165) is 30.0 Å². The second kappa shape index (κ2) is 6.54. The number of thiophene rings is 1. The fraction of sp³-hybridized carbons (Fsp3) is 0.438. The van der Waals surface area contributed by atoms with Crippen LogP contribution >= 0.6 is 11.3 Å². The van der Waals surface area contributed by atoms with Gasteiger partial charge in [-0.3, -0.25) is 4.79 Å². The largest absolute Gasteiger partial charge is 0.367 e. The number of amides is 1. The SMILES string of the molecule is C[C@@]1(c2nccc(CNC(=O)Cc3cccs3)n2)CCCO1. The summed E-state index contributed by atoms with van der Waals surface area (Å²) in [6.07, 6.45) is 4.11. The molecule has 3 rings (SSSR count). The van der Waals surface area contributed by atoms with Gasteiger partial charge in [-0.05, 0) is 37.3 Å². The predicted molar refractivity (Wildman–Crippen MR) is 84.4 cm³/mol. The van der Waals surface area contributed by atoms with Gasteiger partial charge in [0.05, 0.1) is 18.7 Å². The molecular formula is C16H19N3O2S. The number of ether oxygens (including phenoxy) is 1. The molecule has 0 saturated carbocycles. The molecule has 0 spiro atoms. The van der Waals surface area contributed by atoms with E-state index in [9.17, 15) is 4.79 Å². The van der Waals surface area contributed by atoms with Crippen LogP contribution in [0.1, 0.15) is 36.2 Å². The minimum Gasteiger partial charge on any atom is -0.367 e. The van der Waals surface area contributed by atoms with Gasteiger partial charge < -0.3 is 10.1 Å². The summed E-state index contributed by atoms with van der Waals surface area (Å²) in [7, 11) is 0. The van der Waals surface area contributed by atoms with E-state index in [1.54, 1.807) is 17.5 Å². The maximum Gasteiger partial charge on any atom is 0.225 e. The van der Waals surface area contributed by atoms with Crippen LogP contribution in [-0.4, -0.2) is 22.5 Å². The fourth-order valence-corrected chi connectivity index (χ4v) is 3.23. The molecule has 116 valence electrons. The van der Waals surface area contributed by atoms with Crippen molar-refractivity contribution in [2.24, 2.45) is 0 Å². The van der Waals surface area contributed by atoms with Crippen molar-refractivity contribution in [2.75, 3.05) is 6.61 Å². The number of rotatable bonds is 5. The molecule has 6 heteroatoms. The van der Waals surface area contributed by atoms with E-state index < -0.39 is 5.60 Å². The number of nitrogens with zero attached hydrogens (tertiary/aromatic N) is 2. The molecule has 1 saturated heterocycles. The van der Waals surface area contributed by atoms with Crippen LogP contribution in [0, 0.1) is 0 Å². The Hall–Kier alpha value is -1.79. The Morgan fingerprint density at radius 2 is 2.41 bits per heavy atom. The molecule has 0 bridgehead atoms. The molecule has 1 aliphatic rings. The van der Waals surface area contributed by atoms with Crippen molar-refractivity contribution in [3.8, 4) is 0 Å². The van der Waals surface area contributed by atoms with Crippen molar-refractivity contribution in [1.82, 2.24) is 15.3 Å². The van der Waals surface area contributed by atoms with Crippen LogP contribution in [0.3, 0.4) is 0 Å². The monoisotopic (exact) mass is 317 g/mol. The van der Waals surface area contributed by atoms with Crippen molar-refractivity contribution in [1.29, 1.82) is 0 Å². The molecule has 2 aromatic heterocycles. The molecule has 0 radical (unpaired) electrons. The van der Waals surface area contributed by atoms with E-state index in [2.05, 4.69) is 15.3 Å². The van der Waals surface area contributed by atoms with Gasteiger partial charge in [0.2, 0.25) is 5.91 Å². The smallest absolute Gasteiger partial charge is 0.225 e. The van der Waals surface area contributed by atoms with Gasteiger partial charge in [0, 0.05) is 17.7 Å². The van der Waals surface area contributed by atoms with E-state index in [1.165, 1.54) is 0 Å². The molecule has 1 fully saturated rings. The normalized spacial score (nSPS) is 21.0. The molecule has 1 aliphatic heterocycles. The topological polar surface area (TPSA) is 64.1 Å². The predicted octanol–water partition coefficient (Wildman–Crippen LogP) is 2.42. The summed E-state index contributed by atoms with van der Waals surface area (Å²) in [5.74, 6) is 0.709. The summed E-state index contributed by atoms with van der Waals surface area (Å²) in [5, 5.41) is 4.88. The Bertz CT molecular complexity index is 637. The highest BCUT2D eigenvalue weighted by Gasteiger charge is 2.34. The van der Waals surface area contributed by atoms with Crippen LogP contribution in [-0.2, 0) is 28.1 Å². The number of aromatic nitrogens is 2. The van der Waals surface area contributed by atoms with Crippen molar-refractivity contribution in [3.63, 3.8) is 0 Å². The lowest BCUT2D eigenvalue weighted by atomic mass is 10.0. The molecule has 0 aliphatic carbocycles. The summed E-state index contributed by atoms with van der Waals surface area (Å²) in [6.45, 7) is 3.19. The third-order valence-electron chi connectivity index (χ3n) is 3.79. The molecule has 1 atom stereocenters. The lowest BCUT2D eigenvalue weighted by Crippen LogP contribution is -2.27. The second-order valence-corrected chi connectivity index (χ2v) is 6.62. The first-order valence-corrected chi connectivity index (χ1v) is 8.29. The van der Waals surface area contributed by atoms with E-state index in [0.29, 0.717) is 18.8 Å². The van der Waals surface area contributed by atoms with Crippen LogP contribution in [0.4, 0.5) is 0 Å². The average Bonchev–Trinajstić information content (AvgIpc) is 3.18. The Labute approximate surface area is 133 Å². The highest BCUT2D eigenvalue weighted by Crippen LogP contribution is 2.33. The molecule has 5 nitrogen and oxygen atoms in total. The first-order valence-electron chi connectivity index (χ1n) is 7.41. The zero-order chi connectivity index (χ0) is 15.4. The highest BCUT2D eigenvalue weighted by molar-refractivity contribution is 7.10. The third-order valence-corrected chi connectivity index (χ3v) is 4.66. The van der Waals surface area contributed by atoms with Crippen molar-refractivity contribution in [3.05, 3.63) is 46.2 Å². The van der Waals surface area contributed by atoms with Gasteiger partial charge in [0.15, 0.2) is 5.82 Å². The highest BCUT2D eigenvalue weighted by atomic mass is 32.1. The first-order chi connectivity index (χ1) is 10.7. The summed E-state index contributed by atoms with van der Waals surface area (Å²) in [5.41, 5.74) is 0.415. The summed E-state index contributed by atoms with van der Waals surface area (Å²) in [6, 6.07) is 5.74. The Morgan fingerprint density at radius 3 is 3.14 bits per heavy atom. The number of carbonyl (C=O) groups excluding carboxylic acids is 1. The maximum absolute atomic E-state index is 11.9. The Morgan fingerprint density at radius 1 is 1.50 bits per heavy atom. The van der Waals surface area contributed by atoms with E-state index >= 15 is 0 Å². The van der Waals surface area contributed by atoms with E-state index in [1.807, 2.05) is 30.5 Å². The quantitative estimate of drug-likeness (QED) is 0.920.